The number of rotatable bonds is 3. The van der Waals surface area contributed by atoms with Crippen LogP contribution in [-0.4, -0.2) is 10.5 Å². The SMILES string of the molecule is NC(=O)c1cccc2c1c1[c]ccc(F)c1n2Cc1cccc(C(F)(F)F)c1F. The zero-order valence-corrected chi connectivity index (χ0v) is 14.6. The molecule has 3 nitrogen and oxygen atoms in total. The fourth-order valence-corrected chi connectivity index (χ4v) is 3.53. The van der Waals surface area contributed by atoms with Crippen LogP contribution in [0.25, 0.3) is 21.8 Å². The van der Waals surface area contributed by atoms with E-state index >= 15 is 0 Å². The van der Waals surface area contributed by atoms with Crippen LogP contribution in [0.3, 0.4) is 0 Å². The number of nitrogens with two attached hydrogens (primary N) is 1. The molecular weight excluding hydrogens is 391 g/mol. The molecule has 1 aromatic heterocycles. The largest absolute Gasteiger partial charge is 0.419 e. The van der Waals surface area contributed by atoms with E-state index in [2.05, 4.69) is 6.07 Å². The number of carbonyl (C=O) groups excluding carboxylic acids is 1. The number of hydrogen-bond donors (Lipinski definition) is 1. The lowest BCUT2D eigenvalue weighted by atomic mass is 10.1. The second-order valence-electron chi connectivity index (χ2n) is 6.48. The minimum atomic E-state index is -4.86. The number of primary amides is 1. The third-order valence-electron chi connectivity index (χ3n) is 4.75. The fourth-order valence-electron chi connectivity index (χ4n) is 3.53. The normalized spacial score (nSPS) is 12.0. The van der Waals surface area contributed by atoms with Crippen LogP contribution in [0.15, 0.2) is 48.5 Å². The highest BCUT2D eigenvalue weighted by atomic mass is 19.4. The predicted molar refractivity (Wildman–Crippen MR) is 97.3 cm³/mol. The molecule has 29 heavy (non-hydrogen) atoms. The van der Waals surface area contributed by atoms with Gasteiger partial charge in [0.1, 0.15) is 11.6 Å². The predicted octanol–water partition coefficient (Wildman–Crippen LogP) is 5.04. The number of amides is 1. The molecule has 8 heteroatoms. The molecule has 4 rings (SSSR count). The van der Waals surface area contributed by atoms with Gasteiger partial charge in [0, 0.05) is 21.9 Å². The number of nitrogens with zero attached hydrogens (tertiary/aromatic N) is 1. The van der Waals surface area contributed by atoms with Gasteiger partial charge in [-0.3, -0.25) is 4.79 Å². The minimum absolute atomic E-state index is 0.00647. The van der Waals surface area contributed by atoms with Crippen LogP contribution in [0.1, 0.15) is 21.5 Å². The van der Waals surface area contributed by atoms with Gasteiger partial charge in [0.25, 0.3) is 0 Å². The van der Waals surface area contributed by atoms with Gasteiger partial charge in [-0.15, -0.1) is 0 Å². The Labute approximate surface area is 161 Å². The Kier molecular flexibility index (Phi) is 4.29. The van der Waals surface area contributed by atoms with Gasteiger partial charge in [0.15, 0.2) is 0 Å². The highest BCUT2D eigenvalue weighted by Gasteiger charge is 2.35. The van der Waals surface area contributed by atoms with Crippen molar-refractivity contribution in [3.63, 3.8) is 0 Å². The zero-order chi connectivity index (χ0) is 20.9. The molecule has 0 aliphatic heterocycles. The van der Waals surface area contributed by atoms with Crippen LogP contribution in [0.4, 0.5) is 22.0 Å². The number of aromatic nitrogens is 1. The van der Waals surface area contributed by atoms with Crippen molar-refractivity contribution in [1.82, 2.24) is 4.57 Å². The molecule has 2 N–H and O–H groups in total. The Hall–Kier alpha value is -3.42. The summed E-state index contributed by atoms with van der Waals surface area (Å²) < 4.78 is 69.7. The molecule has 1 radical (unpaired) electrons. The maximum Gasteiger partial charge on any atom is 0.419 e. The maximum atomic E-state index is 14.7. The standard InChI is InChI=1S/C21H12F5N2O/c22-15-8-2-5-12-17-13(20(27)29)6-3-9-16(17)28(19(12)15)10-11-4-1-7-14(18(11)23)21(24,25)26/h1-4,6-9H,10H2,(H2,27,29). The highest BCUT2D eigenvalue weighted by Crippen LogP contribution is 2.36. The van der Waals surface area contributed by atoms with E-state index in [4.69, 9.17) is 5.73 Å². The van der Waals surface area contributed by atoms with Gasteiger partial charge in [-0.05, 0) is 30.3 Å². The van der Waals surface area contributed by atoms with E-state index in [1.807, 2.05) is 0 Å². The Morgan fingerprint density at radius 1 is 1.07 bits per heavy atom. The van der Waals surface area contributed by atoms with Crippen molar-refractivity contribution in [2.45, 2.75) is 12.7 Å². The third kappa shape index (κ3) is 3.00. The van der Waals surface area contributed by atoms with Crippen LogP contribution in [0.2, 0.25) is 0 Å². The number of alkyl halides is 3. The topological polar surface area (TPSA) is 48.0 Å². The van der Waals surface area contributed by atoms with Gasteiger partial charge in [0.2, 0.25) is 5.91 Å². The molecule has 1 heterocycles. The average molecular weight is 403 g/mol. The third-order valence-corrected chi connectivity index (χ3v) is 4.75. The van der Waals surface area contributed by atoms with Gasteiger partial charge in [-0.1, -0.05) is 24.3 Å². The van der Waals surface area contributed by atoms with E-state index in [1.54, 1.807) is 6.07 Å². The van der Waals surface area contributed by atoms with Crippen LogP contribution >= 0.6 is 0 Å². The summed E-state index contributed by atoms with van der Waals surface area (Å²) >= 11 is 0. The molecule has 147 valence electrons. The average Bonchev–Trinajstić information content (AvgIpc) is 2.97. The molecule has 0 saturated heterocycles. The second kappa shape index (κ2) is 6.58. The van der Waals surface area contributed by atoms with Crippen molar-refractivity contribution < 1.29 is 26.7 Å². The summed E-state index contributed by atoms with van der Waals surface area (Å²) in [5.74, 6) is -2.86. The van der Waals surface area contributed by atoms with Crippen LogP contribution in [0, 0.1) is 17.7 Å². The summed E-state index contributed by atoms with van der Waals surface area (Å²) in [6, 6.07) is 12.8. The van der Waals surface area contributed by atoms with Gasteiger partial charge in [0.05, 0.1) is 23.1 Å². The van der Waals surface area contributed by atoms with Gasteiger partial charge < -0.3 is 10.3 Å². The zero-order valence-electron chi connectivity index (χ0n) is 14.6. The van der Waals surface area contributed by atoms with Crippen molar-refractivity contribution in [2.75, 3.05) is 0 Å². The summed E-state index contributed by atoms with van der Waals surface area (Å²) in [6.07, 6.45) is -4.86. The number of hydrogen-bond acceptors (Lipinski definition) is 1. The van der Waals surface area contributed by atoms with Crippen molar-refractivity contribution in [1.29, 1.82) is 0 Å². The molecule has 0 atom stereocenters. The summed E-state index contributed by atoms with van der Waals surface area (Å²) in [6.45, 7) is -0.382. The summed E-state index contributed by atoms with van der Waals surface area (Å²) in [7, 11) is 0. The molecule has 0 bridgehead atoms. The minimum Gasteiger partial charge on any atom is -0.366 e. The number of carbonyl (C=O) groups is 1. The molecule has 4 aromatic rings. The summed E-state index contributed by atoms with van der Waals surface area (Å²) in [5, 5.41) is 0.545. The van der Waals surface area contributed by atoms with Crippen molar-refractivity contribution in [3.8, 4) is 0 Å². The molecule has 0 saturated carbocycles. The number of benzene rings is 3. The molecular formula is C21H12F5N2O. The Bertz CT molecular complexity index is 1270. The lowest BCUT2D eigenvalue weighted by Gasteiger charge is -2.13. The van der Waals surface area contributed by atoms with E-state index in [-0.39, 0.29) is 28.6 Å². The first-order chi connectivity index (χ1) is 13.7. The van der Waals surface area contributed by atoms with Crippen molar-refractivity contribution >= 4 is 27.7 Å². The molecule has 0 spiro atoms. The van der Waals surface area contributed by atoms with E-state index in [9.17, 15) is 26.7 Å². The van der Waals surface area contributed by atoms with Gasteiger partial charge in [-0.2, -0.15) is 13.2 Å². The first-order valence-corrected chi connectivity index (χ1v) is 8.45. The lowest BCUT2D eigenvalue weighted by Crippen LogP contribution is -2.12. The smallest absolute Gasteiger partial charge is 0.366 e. The van der Waals surface area contributed by atoms with Gasteiger partial charge in [-0.25, -0.2) is 8.78 Å². The molecule has 0 fully saturated rings. The summed E-state index contributed by atoms with van der Waals surface area (Å²) in [4.78, 5) is 11.8. The van der Waals surface area contributed by atoms with E-state index < -0.39 is 29.3 Å². The summed E-state index contributed by atoms with van der Waals surface area (Å²) in [5.41, 5.74) is 4.18. The Balaban J connectivity index is 2.03. The maximum absolute atomic E-state index is 14.7. The van der Waals surface area contributed by atoms with Crippen LogP contribution in [0.5, 0.6) is 0 Å². The number of fused-ring (bicyclic) bond motifs is 3. The fraction of sp³-hybridized carbons (Fsp3) is 0.0952. The van der Waals surface area contributed by atoms with E-state index in [1.165, 1.54) is 28.8 Å². The Morgan fingerprint density at radius 3 is 2.48 bits per heavy atom. The molecule has 0 unspecified atom stereocenters. The first-order valence-electron chi connectivity index (χ1n) is 8.45. The first kappa shape index (κ1) is 18.9. The molecule has 1 amide bonds. The van der Waals surface area contributed by atoms with E-state index in [0.29, 0.717) is 17.0 Å². The Morgan fingerprint density at radius 2 is 1.79 bits per heavy atom. The van der Waals surface area contributed by atoms with E-state index in [0.717, 1.165) is 12.1 Å². The molecule has 0 aliphatic rings. The number of halogens is 5. The highest BCUT2D eigenvalue weighted by molar-refractivity contribution is 6.17. The van der Waals surface area contributed by atoms with Gasteiger partial charge >= 0.3 is 6.18 Å². The van der Waals surface area contributed by atoms with Crippen molar-refractivity contribution in [2.24, 2.45) is 5.73 Å². The molecule has 3 aromatic carbocycles. The lowest BCUT2D eigenvalue weighted by molar-refractivity contribution is -0.140. The monoisotopic (exact) mass is 403 g/mol. The second-order valence-corrected chi connectivity index (χ2v) is 6.48. The van der Waals surface area contributed by atoms with Crippen LogP contribution in [-0.2, 0) is 12.7 Å². The van der Waals surface area contributed by atoms with Crippen molar-refractivity contribution in [3.05, 3.63) is 82.9 Å². The van der Waals surface area contributed by atoms with Crippen LogP contribution < -0.4 is 5.73 Å². The molecule has 0 aliphatic carbocycles. The quantitative estimate of drug-likeness (QED) is 0.479.